The van der Waals surface area contributed by atoms with Crippen LogP contribution in [0.25, 0.3) is 0 Å². The minimum absolute atomic E-state index is 0.152. The van der Waals surface area contributed by atoms with E-state index in [2.05, 4.69) is 63.9 Å². The number of nitrogens with one attached hydrogen (secondary N) is 2. The lowest BCUT2D eigenvalue weighted by atomic mass is 9.97. The summed E-state index contributed by atoms with van der Waals surface area (Å²) in [7, 11) is 0. The molecule has 1 heterocycles. The molecule has 1 atom stereocenters. The topological polar surface area (TPSA) is 75.3 Å². The third kappa shape index (κ3) is 5.86. The number of benzene rings is 1. The predicted molar refractivity (Wildman–Crippen MR) is 105 cm³/mol. The van der Waals surface area contributed by atoms with Gasteiger partial charge in [-0.05, 0) is 25.3 Å². The highest BCUT2D eigenvalue weighted by molar-refractivity contribution is 5.79. The molecule has 6 heteroatoms. The number of aryl methyl sites for hydroxylation is 1. The molecule has 26 heavy (non-hydrogen) atoms. The van der Waals surface area contributed by atoms with E-state index >= 15 is 0 Å². The zero-order valence-corrected chi connectivity index (χ0v) is 16.8. The van der Waals surface area contributed by atoms with Crippen molar-refractivity contribution in [2.45, 2.75) is 59.4 Å². The van der Waals surface area contributed by atoms with E-state index in [1.54, 1.807) is 0 Å². The lowest BCUT2D eigenvalue weighted by molar-refractivity contribution is 0.318. The van der Waals surface area contributed by atoms with Crippen molar-refractivity contribution < 1.29 is 4.52 Å². The molecule has 0 aliphatic heterocycles. The average Bonchev–Trinajstić information content (AvgIpc) is 3.06. The minimum atomic E-state index is -0.152. The molecule has 0 aliphatic rings. The van der Waals surface area contributed by atoms with Crippen LogP contribution in [0.3, 0.4) is 0 Å². The van der Waals surface area contributed by atoms with Crippen molar-refractivity contribution in [3.63, 3.8) is 0 Å². The summed E-state index contributed by atoms with van der Waals surface area (Å²) in [6.07, 6.45) is 0. The Hall–Kier alpha value is -2.37. The first-order valence-electron chi connectivity index (χ1n) is 9.21. The summed E-state index contributed by atoms with van der Waals surface area (Å²) in [4.78, 5) is 9.00. The standard InChI is InChI=1S/C20H31N5O/c1-7-21-19(22-12-15(3)16-10-8-9-14(2)11-16)23-13-17-24-18(26-25-17)20(4,5)6/h8-11,15H,7,12-13H2,1-6H3,(H2,21,22,23). The maximum absolute atomic E-state index is 5.32. The number of guanidine groups is 1. The minimum Gasteiger partial charge on any atom is -0.357 e. The van der Waals surface area contributed by atoms with E-state index in [0.29, 0.717) is 24.2 Å². The molecule has 2 aromatic rings. The molecule has 0 spiro atoms. The number of hydrogen-bond donors (Lipinski definition) is 2. The zero-order chi connectivity index (χ0) is 19.2. The van der Waals surface area contributed by atoms with Gasteiger partial charge in [0, 0.05) is 18.5 Å². The quantitative estimate of drug-likeness (QED) is 0.611. The Kier molecular flexibility index (Phi) is 6.77. The first kappa shape index (κ1) is 19.9. The van der Waals surface area contributed by atoms with Gasteiger partial charge in [0.2, 0.25) is 5.89 Å². The van der Waals surface area contributed by atoms with Crippen molar-refractivity contribution in [3.05, 3.63) is 47.1 Å². The van der Waals surface area contributed by atoms with E-state index in [-0.39, 0.29) is 5.41 Å². The molecule has 0 saturated heterocycles. The summed E-state index contributed by atoms with van der Waals surface area (Å²) in [6, 6.07) is 8.61. The molecular formula is C20H31N5O. The van der Waals surface area contributed by atoms with Crippen LogP contribution < -0.4 is 10.6 Å². The van der Waals surface area contributed by atoms with Gasteiger partial charge >= 0.3 is 0 Å². The van der Waals surface area contributed by atoms with Crippen LogP contribution >= 0.6 is 0 Å². The largest absolute Gasteiger partial charge is 0.357 e. The summed E-state index contributed by atoms with van der Waals surface area (Å²) < 4.78 is 5.32. The molecule has 142 valence electrons. The van der Waals surface area contributed by atoms with E-state index in [9.17, 15) is 0 Å². The Balaban J connectivity index is 1.97. The molecule has 0 fully saturated rings. The lowest BCUT2D eigenvalue weighted by Crippen LogP contribution is -2.39. The van der Waals surface area contributed by atoms with Crippen LogP contribution in [-0.2, 0) is 12.0 Å². The smallest absolute Gasteiger partial charge is 0.232 e. The Bertz CT molecular complexity index is 730. The molecule has 2 N–H and O–H groups in total. The number of nitrogens with zero attached hydrogens (tertiary/aromatic N) is 3. The van der Waals surface area contributed by atoms with Gasteiger partial charge in [0.05, 0.1) is 0 Å². The van der Waals surface area contributed by atoms with Crippen LogP contribution in [0.2, 0.25) is 0 Å². The summed E-state index contributed by atoms with van der Waals surface area (Å²) in [6.45, 7) is 14.5. The van der Waals surface area contributed by atoms with Crippen molar-refractivity contribution in [2.24, 2.45) is 4.99 Å². The number of hydrogen-bond acceptors (Lipinski definition) is 4. The summed E-state index contributed by atoms with van der Waals surface area (Å²) in [5.74, 6) is 2.37. The van der Waals surface area contributed by atoms with Gasteiger partial charge in [-0.25, -0.2) is 4.99 Å². The van der Waals surface area contributed by atoms with Crippen LogP contribution in [0, 0.1) is 6.92 Å². The molecule has 1 unspecified atom stereocenters. The molecule has 0 amide bonds. The zero-order valence-electron chi connectivity index (χ0n) is 16.8. The van der Waals surface area contributed by atoms with Crippen LogP contribution in [0.1, 0.15) is 63.4 Å². The highest BCUT2D eigenvalue weighted by Crippen LogP contribution is 2.19. The number of aliphatic imine (C=N–C) groups is 1. The van der Waals surface area contributed by atoms with Gasteiger partial charge in [0.15, 0.2) is 11.8 Å². The fourth-order valence-corrected chi connectivity index (χ4v) is 2.46. The van der Waals surface area contributed by atoms with Gasteiger partial charge in [0.1, 0.15) is 6.54 Å². The predicted octanol–water partition coefficient (Wildman–Crippen LogP) is 3.53. The molecule has 1 aromatic carbocycles. The Morgan fingerprint density at radius 2 is 2.04 bits per heavy atom. The molecule has 1 aromatic heterocycles. The first-order chi connectivity index (χ1) is 12.3. The van der Waals surface area contributed by atoms with Crippen molar-refractivity contribution in [3.8, 4) is 0 Å². The summed E-state index contributed by atoms with van der Waals surface area (Å²) >= 11 is 0. The second-order valence-corrected chi connectivity index (χ2v) is 7.66. The summed E-state index contributed by atoms with van der Waals surface area (Å²) in [5.41, 5.74) is 2.45. The number of aromatic nitrogens is 2. The van der Waals surface area contributed by atoms with E-state index in [0.717, 1.165) is 19.0 Å². The van der Waals surface area contributed by atoms with Crippen molar-refractivity contribution in [1.82, 2.24) is 20.8 Å². The normalized spacial score (nSPS) is 13.5. The molecular weight excluding hydrogens is 326 g/mol. The average molecular weight is 358 g/mol. The molecule has 0 saturated carbocycles. The molecule has 2 rings (SSSR count). The first-order valence-corrected chi connectivity index (χ1v) is 9.21. The SMILES string of the molecule is CCNC(=NCc1noc(C(C)(C)C)n1)NCC(C)c1cccc(C)c1. The monoisotopic (exact) mass is 357 g/mol. The van der Waals surface area contributed by atoms with Crippen molar-refractivity contribution in [2.75, 3.05) is 13.1 Å². The lowest BCUT2D eigenvalue weighted by Gasteiger charge is -2.16. The van der Waals surface area contributed by atoms with Gasteiger partial charge < -0.3 is 15.2 Å². The van der Waals surface area contributed by atoms with Gasteiger partial charge in [-0.1, -0.05) is 62.7 Å². The Labute approximate surface area is 156 Å². The van der Waals surface area contributed by atoms with Crippen LogP contribution in [0.15, 0.2) is 33.8 Å². The Morgan fingerprint density at radius 1 is 1.27 bits per heavy atom. The van der Waals surface area contributed by atoms with E-state index in [4.69, 9.17) is 4.52 Å². The van der Waals surface area contributed by atoms with Crippen LogP contribution in [0.4, 0.5) is 0 Å². The molecule has 0 aliphatic carbocycles. The van der Waals surface area contributed by atoms with Crippen LogP contribution in [-0.4, -0.2) is 29.2 Å². The van der Waals surface area contributed by atoms with E-state index in [1.807, 2.05) is 27.7 Å². The molecule has 0 radical (unpaired) electrons. The third-order valence-corrected chi connectivity index (χ3v) is 4.02. The van der Waals surface area contributed by atoms with E-state index < -0.39 is 0 Å². The second kappa shape index (κ2) is 8.83. The highest BCUT2D eigenvalue weighted by Gasteiger charge is 2.21. The highest BCUT2D eigenvalue weighted by atomic mass is 16.5. The summed E-state index contributed by atoms with van der Waals surface area (Å²) in [5, 5.41) is 10.7. The van der Waals surface area contributed by atoms with E-state index in [1.165, 1.54) is 11.1 Å². The third-order valence-electron chi connectivity index (χ3n) is 4.02. The number of rotatable bonds is 6. The van der Waals surface area contributed by atoms with Gasteiger partial charge in [0.25, 0.3) is 0 Å². The Morgan fingerprint density at radius 3 is 2.65 bits per heavy atom. The molecule has 6 nitrogen and oxygen atoms in total. The van der Waals surface area contributed by atoms with Gasteiger partial charge in [-0.3, -0.25) is 0 Å². The maximum Gasteiger partial charge on any atom is 0.232 e. The fraction of sp³-hybridized carbons (Fsp3) is 0.550. The molecule has 0 bridgehead atoms. The van der Waals surface area contributed by atoms with Crippen LogP contribution in [0.5, 0.6) is 0 Å². The maximum atomic E-state index is 5.32. The van der Waals surface area contributed by atoms with Gasteiger partial charge in [-0.15, -0.1) is 0 Å². The fourth-order valence-electron chi connectivity index (χ4n) is 2.46. The van der Waals surface area contributed by atoms with Crippen molar-refractivity contribution >= 4 is 5.96 Å². The van der Waals surface area contributed by atoms with Gasteiger partial charge in [-0.2, -0.15) is 4.98 Å². The second-order valence-electron chi connectivity index (χ2n) is 7.66. The van der Waals surface area contributed by atoms with Crippen molar-refractivity contribution in [1.29, 1.82) is 0 Å².